The van der Waals surface area contributed by atoms with Crippen LogP contribution in [0.25, 0.3) is 0 Å². The van der Waals surface area contributed by atoms with E-state index in [1.165, 1.54) is 23.1 Å². The highest BCUT2D eigenvalue weighted by atomic mass is 32.2. The first-order valence-electron chi connectivity index (χ1n) is 5.96. The summed E-state index contributed by atoms with van der Waals surface area (Å²) in [5.74, 6) is 0.483. The van der Waals surface area contributed by atoms with Crippen molar-refractivity contribution in [3.8, 4) is 5.75 Å². The number of rotatable bonds is 5. The average molecular weight is 309 g/mol. The molecule has 1 heterocycles. The molecule has 0 aliphatic rings. The largest absolute Gasteiger partial charge is 0.483 e. The minimum absolute atomic E-state index is 0.0432. The van der Waals surface area contributed by atoms with Crippen molar-refractivity contribution in [3.63, 3.8) is 0 Å². The highest BCUT2D eigenvalue weighted by molar-refractivity contribution is 8.00. The third-order valence-electron chi connectivity index (χ3n) is 2.74. The number of hydrogen-bond donors (Lipinski definition) is 1. The van der Waals surface area contributed by atoms with Crippen LogP contribution in [0.2, 0.25) is 0 Å². The van der Waals surface area contributed by atoms with Gasteiger partial charge in [-0.25, -0.2) is 0 Å². The minimum atomic E-state index is -0.241. The fraction of sp³-hybridized carbons (Fsp3) is 0.308. The molecule has 0 spiro atoms. The van der Waals surface area contributed by atoms with Gasteiger partial charge in [0, 0.05) is 0 Å². The van der Waals surface area contributed by atoms with Gasteiger partial charge in [0.15, 0.2) is 10.9 Å². The van der Waals surface area contributed by atoms with Crippen molar-refractivity contribution in [2.45, 2.75) is 18.2 Å². The molecule has 0 aliphatic carbocycles. The quantitative estimate of drug-likeness (QED) is 0.679. The number of anilines is 1. The maximum absolute atomic E-state index is 11.8. The number of thioether (sulfide) groups is 1. The van der Waals surface area contributed by atoms with Gasteiger partial charge in [0.1, 0.15) is 5.75 Å². The van der Waals surface area contributed by atoms with E-state index in [-0.39, 0.29) is 12.5 Å². The summed E-state index contributed by atoms with van der Waals surface area (Å²) in [7, 11) is 0. The van der Waals surface area contributed by atoms with Crippen molar-refractivity contribution < 1.29 is 9.53 Å². The van der Waals surface area contributed by atoms with Gasteiger partial charge in [-0.1, -0.05) is 35.2 Å². The van der Waals surface area contributed by atoms with Crippen LogP contribution in [-0.4, -0.2) is 29.0 Å². The van der Waals surface area contributed by atoms with Crippen LogP contribution in [-0.2, 0) is 4.79 Å². The second-order valence-corrected chi connectivity index (χ2v) is 6.14. The Morgan fingerprint density at radius 3 is 2.90 bits per heavy atom. The summed E-state index contributed by atoms with van der Waals surface area (Å²) < 4.78 is 6.34. The van der Waals surface area contributed by atoms with E-state index in [1.54, 1.807) is 0 Å². The summed E-state index contributed by atoms with van der Waals surface area (Å²) >= 11 is 2.83. The van der Waals surface area contributed by atoms with E-state index in [9.17, 15) is 4.79 Å². The van der Waals surface area contributed by atoms with Crippen molar-refractivity contribution >= 4 is 34.1 Å². The fourth-order valence-electron chi connectivity index (χ4n) is 1.52. The molecule has 0 saturated heterocycles. The van der Waals surface area contributed by atoms with Crippen LogP contribution in [0, 0.1) is 13.8 Å². The van der Waals surface area contributed by atoms with Crippen LogP contribution in [0.1, 0.15) is 11.1 Å². The number of benzene rings is 1. The van der Waals surface area contributed by atoms with E-state index in [0.29, 0.717) is 5.13 Å². The molecule has 1 aromatic heterocycles. The van der Waals surface area contributed by atoms with E-state index < -0.39 is 0 Å². The maximum atomic E-state index is 11.8. The Labute approximate surface area is 125 Å². The molecule has 0 fully saturated rings. The van der Waals surface area contributed by atoms with Crippen molar-refractivity contribution in [1.82, 2.24) is 10.2 Å². The Balaban J connectivity index is 1.90. The van der Waals surface area contributed by atoms with Crippen LogP contribution in [0.15, 0.2) is 22.5 Å². The van der Waals surface area contributed by atoms with E-state index >= 15 is 0 Å². The molecule has 0 saturated carbocycles. The maximum Gasteiger partial charge on any atom is 0.264 e. The summed E-state index contributed by atoms with van der Waals surface area (Å²) in [6, 6.07) is 5.77. The van der Waals surface area contributed by atoms with Gasteiger partial charge in [-0.3, -0.25) is 10.1 Å². The minimum Gasteiger partial charge on any atom is -0.483 e. The van der Waals surface area contributed by atoms with Gasteiger partial charge in [0.25, 0.3) is 5.91 Å². The number of ether oxygens (including phenoxy) is 1. The molecule has 2 rings (SSSR count). The Bertz CT molecular complexity index is 613. The third kappa shape index (κ3) is 3.71. The average Bonchev–Trinajstić information content (AvgIpc) is 2.88. The SMILES string of the molecule is CSc1nnc(NC(=O)COc2cccc(C)c2C)s1. The molecule has 20 heavy (non-hydrogen) atoms. The molecule has 1 aromatic carbocycles. The molecule has 5 nitrogen and oxygen atoms in total. The van der Waals surface area contributed by atoms with Crippen LogP contribution >= 0.6 is 23.1 Å². The predicted octanol–water partition coefficient (Wildman–Crippen LogP) is 2.89. The number of carbonyl (C=O) groups is 1. The van der Waals surface area contributed by atoms with Crippen LogP contribution in [0.5, 0.6) is 5.75 Å². The highest BCUT2D eigenvalue weighted by Gasteiger charge is 2.09. The molecular weight excluding hydrogens is 294 g/mol. The third-order valence-corrected chi connectivity index (χ3v) is 4.56. The van der Waals surface area contributed by atoms with E-state index in [1.807, 2.05) is 38.3 Å². The summed E-state index contributed by atoms with van der Waals surface area (Å²) in [5.41, 5.74) is 2.18. The molecule has 0 radical (unpaired) electrons. The zero-order valence-electron chi connectivity index (χ0n) is 11.5. The Morgan fingerprint density at radius 2 is 2.20 bits per heavy atom. The molecule has 0 atom stereocenters. The number of aryl methyl sites for hydroxylation is 1. The molecule has 7 heteroatoms. The first kappa shape index (κ1) is 14.8. The number of nitrogens with one attached hydrogen (secondary N) is 1. The zero-order chi connectivity index (χ0) is 14.5. The molecule has 1 N–H and O–H groups in total. The fourth-order valence-corrected chi connectivity index (χ4v) is 2.71. The lowest BCUT2D eigenvalue weighted by Gasteiger charge is -2.10. The van der Waals surface area contributed by atoms with Gasteiger partial charge < -0.3 is 4.74 Å². The summed E-state index contributed by atoms with van der Waals surface area (Å²) in [5, 5.41) is 10.9. The van der Waals surface area contributed by atoms with Gasteiger partial charge >= 0.3 is 0 Å². The lowest BCUT2D eigenvalue weighted by Crippen LogP contribution is -2.20. The monoisotopic (exact) mass is 309 g/mol. The van der Waals surface area contributed by atoms with E-state index in [4.69, 9.17) is 4.74 Å². The highest BCUT2D eigenvalue weighted by Crippen LogP contribution is 2.23. The van der Waals surface area contributed by atoms with Crippen LogP contribution in [0.4, 0.5) is 5.13 Å². The Kier molecular flexibility index (Phi) is 4.97. The van der Waals surface area contributed by atoms with Gasteiger partial charge in [-0.2, -0.15) is 0 Å². The molecule has 1 amide bonds. The lowest BCUT2D eigenvalue weighted by atomic mass is 10.1. The summed E-state index contributed by atoms with van der Waals surface area (Å²) in [6.45, 7) is 3.93. The second kappa shape index (κ2) is 6.71. The number of aromatic nitrogens is 2. The van der Waals surface area contributed by atoms with Crippen molar-refractivity contribution in [2.24, 2.45) is 0 Å². The first-order valence-corrected chi connectivity index (χ1v) is 8.00. The smallest absolute Gasteiger partial charge is 0.264 e. The normalized spacial score (nSPS) is 10.3. The number of carbonyl (C=O) groups excluding carboxylic acids is 1. The molecule has 106 valence electrons. The zero-order valence-corrected chi connectivity index (χ0v) is 13.1. The second-order valence-electron chi connectivity index (χ2n) is 4.11. The molecular formula is C13H15N3O2S2. The summed E-state index contributed by atoms with van der Waals surface area (Å²) in [4.78, 5) is 11.8. The standard InChI is InChI=1S/C13H15N3O2S2/c1-8-5-4-6-10(9(8)2)18-7-11(17)14-12-15-16-13(19-3)20-12/h4-6H,7H2,1-3H3,(H,14,15,17). The van der Waals surface area contributed by atoms with Gasteiger partial charge in [-0.15, -0.1) is 10.2 Å². The van der Waals surface area contributed by atoms with Crippen molar-refractivity contribution in [3.05, 3.63) is 29.3 Å². The van der Waals surface area contributed by atoms with Crippen molar-refractivity contribution in [2.75, 3.05) is 18.2 Å². The predicted molar refractivity (Wildman–Crippen MR) is 81.7 cm³/mol. The Hall–Kier alpha value is -1.60. The van der Waals surface area contributed by atoms with Gasteiger partial charge in [-0.05, 0) is 37.3 Å². The van der Waals surface area contributed by atoms with Crippen LogP contribution in [0.3, 0.4) is 0 Å². The molecule has 2 aromatic rings. The van der Waals surface area contributed by atoms with Crippen molar-refractivity contribution in [1.29, 1.82) is 0 Å². The van der Waals surface area contributed by atoms with Gasteiger partial charge in [0.05, 0.1) is 0 Å². The number of amides is 1. The van der Waals surface area contributed by atoms with Gasteiger partial charge in [0.2, 0.25) is 5.13 Å². The van der Waals surface area contributed by atoms with E-state index in [0.717, 1.165) is 21.2 Å². The number of nitrogens with zero attached hydrogens (tertiary/aromatic N) is 2. The molecule has 0 bridgehead atoms. The van der Waals surface area contributed by atoms with E-state index in [2.05, 4.69) is 15.5 Å². The summed E-state index contributed by atoms with van der Waals surface area (Å²) in [6.07, 6.45) is 1.91. The molecule has 0 unspecified atom stereocenters. The van der Waals surface area contributed by atoms with Crippen LogP contribution < -0.4 is 10.1 Å². The Morgan fingerprint density at radius 1 is 1.40 bits per heavy atom. The lowest BCUT2D eigenvalue weighted by molar-refractivity contribution is -0.118. The first-order chi connectivity index (χ1) is 9.60. The topological polar surface area (TPSA) is 64.1 Å². The molecule has 0 aliphatic heterocycles. The number of hydrogen-bond acceptors (Lipinski definition) is 6.